The lowest BCUT2D eigenvalue weighted by Crippen LogP contribution is -2.21. The molecule has 0 bridgehead atoms. The quantitative estimate of drug-likeness (QED) is 0.819. The van der Waals surface area contributed by atoms with E-state index in [1.54, 1.807) is 7.11 Å². The molecular formula is C17H16O2. The molecular weight excluding hydrogens is 236 g/mol. The van der Waals surface area contributed by atoms with Crippen LogP contribution in [0.1, 0.15) is 29.0 Å². The summed E-state index contributed by atoms with van der Waals surface area (Å²) < 4.78 is 5.41. The maximum atomic E-state index is 12.4. The van der Waals surface area contributed by atoms with Crippen LogP contribution in [-0.2, 0) is 11.2 Å². The topological polar surface area (TPSA) is 26.3 Å². The van der Waals surface area contributed by atoms with Crippen molar-refractivity contribution in [2.45, 2.75) is 18.8 Å². The fourth-order valence-corrected chi connectivity index (χ4v) is 2.87. The van der Waals surface area contributed by atoms with E-state index in [1.165, 1.54) is 5.56 Å². The maximum absolute atomic E-state index is 12.4. The average Bonchev–Trinajstić information content (AvgIpc) is 2.47. The van der Waals surface area contributed by atoms with Crippen LogP contribution in [0, 0.1) is 0 Å². The fraction of sp³-hybridized carbons (Fsp3) is 0.235. The highest BCUT2D eigenvalue weighted by Crippen LogP contribution is 2.38. The Bertz CT molecular complexity index is 616. The van der Waals surface area contributed by atoms with Gasteiger partial charge in [-0.1, -0.05) is 42.5 Å². The number of carbonyl (C=O) groups is 1. The highest BCUT2D eigenvalue weighted by molar-refractivity contribution is 5.91. The number of fused-ring (bicyclic) bond motifs is 1. The molecule has 96 valence electrons. The predicted molar refractivity (Wildman–Crippen MR) is 74.6 cm³/mol. The van der Waals surface area contributed by atoms with E-state index >= 15 is 0 Å². The summed E-state index contributed by atoms with van der Waals surface area (Å²) in [5.41, 5.74) is 3.38. The summed E-state index contributed by atoms with van der Waals surface area (Å²) in [5.74, 6) is 0.891. The highest BCUT2D eigenvalue weighted by atomic mass is 16.5. The fourth-order valence-electron chi connectivity index (χ4n) is 2.87. The number of hydrogen-bond donors (Lipinski definition) is 0. The molecule has 0 heterocycles. The molecule has 0 aromatic heterocycles. The third-order valence-electron chi connectivity index (χ3n) is 3.78. The Morgan fingerprint density at radius 2 is 1.63 bits per heavy atom. The summed E-state index contributed by atoms with van der Waals surface area (Å²) in [6.45, 7) is 0. The Morgan fingerprint density at radius 1 is 0.947 bits per heavy atom. The van der Waals surface area contributed by atoms with Crippen molar-refractivity contribution in [1.82, 2.24) is 0 Å². The van der Waals surface area contributed by atoms with Crippen LogP contribution < -0.4 is 4.74 Å². The molecule has 2 nitrogen and oxygen atoms in total. The third kappa shape index (κ3) is 2.03. The molecule has 0 amide bonds. The van der Waals surface area contributed by atoms with Crippen molar-refractivity contribution in [2.75, 3.05) is 7.11 Å². The number of rotatable bonds is 2. The van der Waals surface area contributed by atoms with Crippen LogP contribution in [0.15, 0.2) is 48.5 Å². The number of ether oxygens (including phenoxy) is 1. The van der Waals surface area contributed by atoms with Gasteiger partial charge in [0, 0.05) is 12.0 Å². The Kier molecular flexibility index (Phi) is 3.08. The van der Waals surface area contributed by atoms with E-state index in [0.29, 0.717) is 6.42 Å². The number of methoxy groups -OCH3 is 1. The second kappa shape index (κ2) is 4.88. The average molecular weight is 252 g/mol. The first-order valence-corrected chi connectivity index (χ1v) is 6.54. The minimum atomic E-state index is -0.180. The molecule has 1 aliphatic rings. The second-order valence-corrected chi connectivity index (χ2v) is 4.84. The molecule has 0 saturated carbocycles. The van der Waals surface area contributed by atoms with Crippen LogP contribution in [0.25, 0.3) is 0 Å². The van der Waals surface area contributed by atoms with Gasteiger partial charge in [0.05, 0.1) is 13.0 Å². The van der Waals surface area contributed by atoms with Gasteiger partial charge in [-0.3, -0.25) is 4.79 Å². The Balaban J connectivity index is 2.16. The summed E-state index contributed by atoms with van der Waals surface area (Å²) in [5, 5.41) is 0. The summed E-state index contributed by atoms with van der Waals surface area (Å²) in [6, 6.07) is 16.0. The van der Waals surface area contributed by atoms with Crippen LogP contribution >= 0.6 is 0 Å². The summed E-state index contributed by atoms with van der Waals surface area (Å²) in [4.78, 5) is 12.4. The molecule has 0 N–H and O–H groups in total. The predicted octanol–water partition coefficient (Wildman–Crippen LogP) is 3.34. The monoisotopic (exact) mass is 252 g/mol. The molecule has 0 fully saturated rings. The number of ketones is 1. The molecule has 0 aliphatic heterocycles. The van der Waals surface area contributed by atoms with Gasteiger partial charge in [0.15, 0.2) is 0 Å². The van der Waals surface area contributed by atoms with Crippen LogP contribution in [0.4, 0.5) is 0 Å². The number of aryl methyl sites for hydroxylation is 1. The van der Waals surface area contributed by atoms with Crippen molar-refractivity contribution in [3.05, 3.63) is 65.2 Å². The number of Topliss-reactive ketones (excluding diaryl/α,β-unsaturated/α-hetero) is 1. The van der Waals surface area contributed by atoms with E-state index in [9.17, 15) is 4.79 Å². The summed E-state index contributed by atoms with van der Waals surface area (Å²) in [7, 11) is 1.65. The van der Waals surface area contributed by atoms with Crippen LogP contribution in [0.3, 0.4) is 0 Å². The van der Waals surface area contributed by atoms with Crippen molar-refractivity contribution < 1.29 is 9.53 Å². The van der Waals surface area contributed by atoms with E-state index in [-0.39, 0.29) is 11.7 Å². The maximum Gasteiger partial charge on any atom is 0.145 e. The SMILES string of the molecule is COc1ccccc1C1C(=O)CCc2ccccc21. The minimum absolute atomic E-state index is 0.180. The molecule has 2 aromatic rings. The lowest BCUT2D eigenvalue weighted by Gasteiger charge is -2.25. The molecule has 0 radical (unpaired) electrons. The zero-order valence-electron chi connectivity index (χ0n) is 10.9. The second-order valence-electron chi connectivity index (χ2n) is 4.84. The number of benzene rings is 2. The molecule has 0 spiro atoms. The van der Waals surface area contributed by atoms with Crippen molar-refractivity contribution in [3.8, 4) is 5.75 Å². The summed E-state index contributed by atoms with van der Waals surface area (Å²) >= 11 is 0. The van der Waals surface area contributed by atoms with Gasteiger partial charge < -0.3 is 4.74 Å². The van der Waals surface area contributed by atoms with Crippen molar-refractivity contribution >= 4 is 5.78 Å². The Morgan fingerprint density at radius 3 is 2.42 bits per heavy atom. The first kappa shape index (κ1) is 12.0. The van der Waals surface area contributed by atoms with E-state index in [1.807, 2.05) is 36.4 Å². The lowest BCUT2D eigenvalue weighted by molar-refractivity contribution is -0.120. The lowest BCUT2D eigenvalue weighted by atomic mass is 9.78. The smallest absolute Gasteiger partial charge is 0.145 e. The van der Waals surface area contributed by atoms with Gasteiger partial charge in [0.25, 0.3) is 0 Å². The third-order valence-corrected chi connectivity index (χ3v) is 3.78. The first-order chi connectivity index (χ1) is 9.31. The number of hydrogen-bond acceptors (Lipinski definition) is 2. The van der Waals surface area contributed by atoms with Crippen LogP contribution in [0.5, 0.6) is 5.75 Å². The van der Waals surface area contributed by atoms with Gasteiger partial charge >= 0.3 is 0 Å². The Labute approximate surface area is 113 Å². The molecule has 19 heavy (non-hydrogen) atoms. The van der Waals surface area contributed by atoms with Gasteiger partial charge in [0.2, 0.25) is 0 Å². The van der Waals surface area contributed by atoms with Crippen LogP contribution in [-0.4, -0.2) is 12.9 Å². The van der Waals surface area contributed by atoms with Gasteiger partial charge in [0.1, 0.15) is 11.5 Å². The molecule has 0 saturated heterocycles. The van der Waals surface area contributed by atoms with E-state index in [0.717, 1.165) is 23.3 Å². The van der Waals surface area contributed by atoms with E-state index < -0.39 is 0 Å². The van der Waals surface area contributed by atoms with E-state index in [2.05, 4.69) is 12.1 Å². The van der Waals surface area contributed by atoms with Crippen molar-refractivity contribution in [2.24, 2.45) is 0 Å². The number of para-hydroxylation sites is 1. The highest BCUT2D eigenvalue weighted by Gasteiger charge is 2.30. The van der Waals surface area contributed by atoms with E-state index in [4.69, 9.17) is 4.74 Å². The molecule has 1 atom stereocenters. The molecule has 2 heteroatoms. The van der Waals surface area contributed by atoms with Crippen LogP contribution in [0.2, 0.25) is 0 Å². The molecule has 1 aliphatic carbocycles. The molecule has 3 rings (SSSR count). The van der Waals surface area contributed by atoms with Crippen molar-refractivity contribution in [1.29, 1.82) is 0 Å². The Hall–Kier alpha value is -2.09. The zero-order chi connectivity index (χ0) is 13.2. The largest absolute Gasteiger partial charge is 0.496 e. The van der Waals surface area contributed by atoms with Gasteiger partial charge in [-0.25, -0.2) is 0 Å². The standard InChI is InChI=1S/C17H16O2/c1-19-16-9-5-4-8-14(16)17-13-7-3-2-6-12(13)10-11-15(17)18/h2-9,17H,10-11H2,1H3. The first-order valence-electron chi connectivity index (χ1n) is 6.54. The van der Waals surface area contributed by atoms with Gasteiger partial charge in [-0.15, -0.1) is 0 Å². The zero-order valence-corrected chi connectivity index (χ0v) is 10.9. The number of carbonyl (C=O) groups excluding carboxylic acids is 1. The molecule has 2 aromatic carbocycles. The van der Waals surface area contributed by atoms with Crippen molar-refractivity contribution in [3.63, 3.8) is 0 Å². The summed E-state index contributed by atoms with van der Waals surface area (Å²) in [6.07, 6.45) is 1.46. The van der Waals surface area contributed by atoms with Gasteiger partial charge in [-0.05, 0) is 23.6 Å². The normalized spacial score (nSPS) is 17.9. The van der Waals surface area contributed by atoms with Gasteiger partial charge in [-0.2, -0.15) is 0 Å². The minimum Gasteiger partial charge on any atom is -0.496 e. The molecule has 1 unspecified atom stereocenters.